The molecule has 0 aromatic carbocycles. The minimum absolute atomic E-state index is 0.254. The summed E-state index contributed by atoms with van der Waals surface area (Å²) in [6.45, 7) is 5.84. The van der Waals surface area contributed by atoms with E-state index in [1.165, 1.54) is 0 Å². The van der Waals surface area contributed by atoms with Gasteiger partial charge in [0.05, 0.1) is 0 Å². The summed E-state index contributed by atoms with van der Waals surface area (Å²) in [5.74, 6) is -0.760. The molecule has 13 heavy (non-hydrogen) atoms. The molecule has 0 bridgehead atoms. The van der Waals surface area contributed by atoms with E-state index in [9.17, 15) is 4.79 Å². The molecule has 0 aromatic rings. The van der Waals surface area contributed by atoms with E-state index < -0.39 is 26.6 Å². The summed E-state index contributed by atoms with van der Waals surface area (Å²) >= 11 is -3.04. The number of rotatable bonds is 2. The molecule has 0 saturated heterocycles. The molecule has 1 N–H and O–H groups in total. The Morgan fingerprint density at radius 1 is 1.46 bits per heavy atom. The molecule has 0 aliphatic rings. The van der Waals surface area contributed by atoms with Crippen LogP contribution in [0.1, 0.15) is 20.8 Å². The second kappa shape index (κ2) is 4.74. The summed E-state index contributed by atoms with van der Waals surface area (Å²) in [6, 6.07) is 0. The third-order valence-corrected chi connectivity index (χ3v) is 29.5. The Bertz CT molecular complexity index is 260. The van der Waals surface area contributed by atoms with E-state index in [4.69, 9.17) is 5.11 Å². The first-order valence-electron chi connectivity index (χ1n) is 4.01. The van der Waals surface area contributed by atoms with Crippen molar-refractivity contribution in [3.63, 3.8) is 0 Å². The minimum atomic E-state index is -3.04. The molecule has 0 rings (SSSR count). The van der Waals surface area contributed by atoms with E-state index in [0.29, 0.717) is 2.52 Å². The number of carbonyl (C=O) groups is 1. The zero-order chi connectivity index (χ0) is 10.9. The SMILES string of the molecule is C[S][U]([CH3])([SH])=[C](C(=O)O)C(C)(C)C. The third kappa shape index (κ3) is 3.99. The van der Waals surface area contributed by atoms with Gasteiger partial charge < -0.3 is 0 Å². The van der Waals surface area contributed by atoms with Crippen molar-refractivity contribution in [3.05, 3.63) is 0 Å². The molecule has 5 heteroatoms. The van der Waals surface area contributed by atoms with Crippen LogP contribution < -0.4 is 0 Å². The maximum atomic E-state index is 11.1. The number of hydrogen-bond acceptors (Lipinski definition) is 3. The van der Waals surface area contributed by atoms with Gasteiger partial charge in [0.15, 0.2) is 0 Å². The molecule has 0 aliphatic carbocycles. The first kappa shape index (κ1) is 14.1. The molecule has 2 nitrogen and oxygen atoms in total. The molecule has 0 saturated carbocycles. The van der Waals surface area contributed by atoms with Crippen molar-refractivity contribution in [1.29, 1.82) is 0 Å². The van der Waals surface area contributed by atoms with Gasteiger partial charge in [0.1, 0.15) is 0 Å². The second-order valence-corrected chi connectivity index (χ2v) is 38.7. The fraction of sp³-hybridized carbons (Fsp3) is 0.750. The average Bonchev–Trinajstić information content (AvgIpc) is 1.82. The zero-order valence-electron chi connectivity index (χ0n) is 8.71. The van der Waals surface area contributed by atoms with Gasteiger partial charge >= 0.3 is 91.4 Å². The number of hydrogen-bond donors (Lipinski definition) is 2. The Morgan fingerprint density at radius 2 is 1.85 bits per heavy atom. The maximum absolute atomic E-state index is 11.1. The standard InChI is InChI=1S/C6H10O2.CH4S.CH3.H2S.U/c1-6(2,3)4-5(7)8;1-2;;;/h1-3H3,(H,7,8);2H,1H3;1H3;1H2;/q;;;;+2/p-2. The second-order valence-electron chi connectivity index (χ2n) is 4.12. The Kier molecular flexibility index (Phi) is 5.14. The first-order chi connectivity index (χ1) is 5.63. The molecule has 0 radical (unpaired) electrons. The van der Waals surface area contributed by atoms with Gasteiger partial charge in [-0.3, -0.25) is 0 Å². The Morgan fingerprint density at radius 3 is 1.92 bits per heavy atom. The van der Waals surface area contributed by atoms with E-state index in [0.717, 1.165) is 0 Å². The van der Waals surface area contributed by atoms with Gasteiger partial charge in [-0.25, -0.2) is 0 Å². The number of thiol groups is 1. The summed E-state index contributed by atoms with van der Waals surface area (Å²) in [6.07, 6.45) is 1.96. The van der Waals surface area contributed by atoms with E-state index >= 15 is 0 Å². The molecular weight excluding hydrogens is 430 g/mol. The van der Waals surface area contributed by atoms with E-state index in [-0.39, 0.29) is 5.41 Å². The van der Waals surface area contributed by atoms with Crippen LogP contribution in [-0.4, -0.2) is 19.9 Å². The topological polar surface area (TPSA) is 37.3 Å². The van der Waals surface area contributed by atoms with Gasteiger partial charge in [0, 0.05) is 0 Å². The van der Waals surface area contributed by atoms with Crippen LogP contribution in [0.4, 0.5) is 0 Å². The molecule has 0 fully saturated rings. The zero-order valence-corrected chi connectivity index (χ0v) is 14.6. The van der Waals surface area contributed by atoms with Gasteiger partial charge in [0.25, 0.3) is 0 Å². The van der Waals surface area contributed by atoms with Gasteiger partial charge in [-0.2, -0.15) is 0 Å². The molecule has 0 aliphatic heterocycles. The van der Waals surface area contributed by atoms with Crippen molar-refractivity contribution in [3.8, 4) is 0 Å². The van der Waals surface area contributed by atoms with Crippen molar-refractivity contribution in [1.82, 2.24) is 0 Å². The molecule has 1 atom stereocenters. The first-order valence-corrected chi connectivity index (χ1v) is 22.6. The van der Waals surface area contributed by atoms with Crippen LogP contribution in [0, 0.1) is 26.0 Å². The van der Waals surface area contributed by atoms with Crippen LogP contribution in [0.5, 0.6) is 0 Å². The van der Waals surface area contributed by atoms with Crippen molar-refractivity contribution in [2.24, 2.45) is 5.41 Å². The summed E-state index contributed by atoms with van der Waals surface area (Å²) in [4.78, 5) is 11.1. The number of carboxylic acid groups (broad SMARTS) is 1. The van der Waals surface area contributed by atoms with Crippen LogP contribution in [0.25, 0.3) is 0 Å². The van der Waals surface area contributed by atoms with Crippen LogP contribution in [0.3, 0.4) is 0 Å². The van der Waals surface area contributed by atoms with E-state index in [2.05, 4.69) is 8.45 Å². The quantitative estimate of drug-likeness (QED) is 0.640. The number of aliphatic carboxylic acids is 1. The molecular formula is C8H17O2S2U. The van der Waals surface area contributed by atoms with Crippen molar-refractivity contribution < 1.29 is 30.5 Å². The van der Waals surface area contributed by atoms with Gasteiger partial charge in [-0.1, -0.05) is 0 Å². The van der Waals surface area contributed by atoms with Gasteiger partial charge in [0.2, 0.25) is 0 Å². The van der Waals surface area contributed by atoms with E-state index in [1.54, 1.807) is 7.59 Å². The fourth-order valence-corrected chi connectivity index (χ4v) is 19.2. The third-order valence-electron chi connectivity index (χ3n) is 1.83. The molecule has 0 heterocycles. The van der Waals surface area contributed by atoms with Crippen LogP contribution in [0.15, 0.2) is 0 Å². The average molecular weight is 447 g/mol. The summed E-state index contributed by atoms with van der Waals surface area (Å²) < 4.78 is 2.71. The Balaban J connectivity index is 5.54. The Hall–Kier alpha value is 1.09. The molecule has 77 valence electrons. The molecule has 0 aromatic heterocycles. The van der Waals surface area contributed by atoms with Gasteiger partial charge in [-0.15, -0.1) is 0 Å². The van der Waals surface area contributed by atoms with Crippen LogP contribution in [-0.2, 0) is 4.79 Å². The molecule has 0 amide bonds. The monoisotopic (exact) mass is 447 g/mol. The van der Waals surface area contributed by atoms with Crippen molar-refractivity contribution in [2.45, 2.75) is 24.7 Å². The predicted molar refractivity (Wildman–Crippen MR) is 60.5 cm³/mol. The number of carboxylic acids is 1. The van der Waals surface area contributed by atoms with E-state index in [1.807, 2.05) is 31.0 Å². The fourth-order valence-electron chi connectivity index (χ4n) is 1.32. The molecule has 0 spiro atoms. The summed E-state index contributed by atoms with van der Waals surface area (Å²) in [7, 11) is 6.26. The van der Waals surface area contributed by atoms with Crippen LogP contribution in [0.2, 0.25) is 3.96 Å². The summed E-state index contributed by atoms with van der Waals surface area (Å²) in [5, 5.41) is 9.13. The Labute approximate surface area is 90.5 Å². The summed E-state index contributed by atoms with van der Waals surface area (Å²) in [5.41, 5.74) is -0.254. The van der Waals surface area contributed by atoms with Crippen LogP contribution >= 0.6 is 16.0 Å². The predicted octanol–water partition coefficient (Wildman–Crippen LogP) is 2.62. The van der Waals surface area contributed by atoms with Crippen molar-refractivity contribution >= 4 is 24.5 Å². The molecule has 1 unspecified atom stereocenters. The van der Waals surface area contributed by atoms with Gasteiger partial charge in [-0.05, 0) is 0 Å². The normalized spacial score (nSPS) is 16.5. The van der Waals surface area contributed by atoms with Crippen molar-refractivity contribution in [2.75, 3.05) is 6.26 Å².